The van der Waals surface area contributed by atoms with Gasteiger partial charge in [0.1, 0.15) is 11.3 Å². The van der Waals surface area contributed by atoms with Gasteiger partial charge in [-0.25, -0.2) is 0 Å². The third kappa shape index (κ3) is 3.43. The summed E-state index contributed by atoms with van der Waals surface area (Å²) in [6.07, 6.45) is 2.88. The number of hydrogen-bond acceptors (Lipinski definition) is 3. The third-order valence-corrected chi connectivity index (χ3v) is 3.94. The molecule has 0 radical (unpaired) electrons. The van der Waals surface area contributed by atoms with Crippen molar-refractivity contribution in [3.8, 4) is 5.75 Å². The Morgan fingerprint density at radius 2 is 2.00 bits per heavy atom. The van der Waals surface area contributed by atoms with E-state index in [2.05, 4.69) is 18.3 Å². The Bertz CT molecular complexity index is 851. The van der Waals surface area contributed by atoms with Gasteiger partial charge in [0.05, 0.1) is 25.0 Å². The topological polar surface area (TPSA) is 51.5 Å². The molecule has 0 unspecified atom stereocenters. The normalized spacial score (nSPS) is 10.8. The molecule has 4 nitrogen and oxygen atoms in total. The minimum absolute atomic E-state index is 0.0910. The van der Waals surface area contributed by atoms with Gasteiger partial charge >= 0.3 is 0 Å². The fraction of sp³-hybridized carbons (Fsp3) is 0.250. The maximum absolute atomic E-state index is 12.4. The molecule has 0 spiro atoms. The molecule has 124 valence electrons. The van der Waals surface area contributed by atoms with Gasteiger partial charge < -0.3 is 14.5 Å². The summed E-state index contributed by atoms with van der Waals surface area (Å²) < 4.78 is 11.1. The second-order valence-electron chi connectivity index (χ2n) is 5.60. The van der Waals surface area contributed by atoms with Crippen LogP contribution in [0.3, 0.4) is 0 Å². The number of anilines is 1. The number of rotatable bonds is 6. The zero-order valence-electron chi connectivity index (χ0n) is 14.0. The second kappa shape index (κ2) is 7.21. The predicted octanol–water partition coefficient (Wildman–Crippen LogP) is 4.58. The monoisotopic (exact) mass is 323 g/mol. The summed E-state index contributed by atoms with van der Waals surface area (Å²) in [5.74, 6) is 0.588. The smallest absolute Gasteiger partial charge is 0.229 e. The molecule has 3 rings (SSSR count). The molecule has 0 atom stereocenters. The first kappa shape index (κ1) is 16.1. The number of para-hydroxylation sites is 2. The molecule has 1 heterocycles. The summed E-state index contributed by atoms with van der Waals surface area (Å²) in [5, 5.41) is 3.92. The molecule has 2 aromatic carbocycles. The van der Waals surface area contributed by atoms with Crippen LogP contribution in [-0.4, -0.2) is 12.5 Å². The molecular weight excluding hydrogens is 302 g/mol. The third-order valence-electron chi connectivity index (χ3n) is 3.94. The highest BCUT2D eigenvalue weighted by molar-refractivity contribution is 5.96. The SMILES string of the molecule is CCOc1ccccc1NC(=O)Cc1coc2ccc(CC)cc12. The quantitative estimate of drug-likeness (QED) is 0.722. The van der Waals surface area contributed by atoms with Crippen molar-refractivity contribution >= 4 is 22.6 Å². The lowest BCUT2D eigenvalue weighted by molar-refractivity contribution is -0.115. The molecule has 0 saturated carbocycles. The zero-order chi connectivity index (χ0) is 16.9. The number of aryl methyl sites for hydroxylation is 1. The number of hydrogen-bond donors (Lipinski definition) is 1. The standard InChI is InChI=1S/C20H21NO3/c1-3-14-9-10-18-16(11-14)15(13-24-18)12-20(22)21-17-7-5-6-8-19(17)23-4-2/h5-11,13H,3-4,12H2,1-2H3,(H,21,22). The average Bonchev–Trinajstić information content (AvgIpc) is 2.99. The molecule has 1 amide bonds. The molecule has 1 aromatic heterocycles. The van der Waals surface area contributed by atoms with E-state index in [-0.39, 0.29) is 12.3 Å². The average molecular weight is 323 g/mol. The number of nitrogens with one attached hydrogen (secondary N) is 1. The van der Waals surface area contributed by atoms with E-state index in [1.807, 2.05) is 43.3 Å². The highest BCUT2D eigenvalue weighted by Gasteiger charge is 2.13. The first-order valence-corrected chi connectivity index (χ1v) is 8.22. The van der Waals surface area contributed by atoms with Gasteiger partial charge in [-0.15, -0.1) is 0 Å². The minimum Gasteiger partial charge on any atom is -0.492 e. The Kier molecular flexibility index (Phi) is 4.85. The Morgan fingerprint density at radius 3 is 2.79 bits per heavy atom. The van der Waals surface area contributed by atoms with E-state index in [4.69, 9.17) is 9.15 Å². The van der Waals surface area contributed by atoms with E-state index in [9.17, 15) is 4.79 Å². The van der Waals surface area contributed by atoms with Gasteiger partial charge in [-0.2, -0.15) is 0 Å². The molecule has 24 heavy (non-hydrogen) atoms. The first-order valence-electron chi connectivity index (χ1n) is 8.22. The van der Waals surface area contributed by atoms with E-state index < -0.39 is 0 Å². The molecule has 0 aliphatic heterocycles. The Labute approximate surface area is 141 Å². The van der Waals surface area contributed by atoms with E-state index in [0.717, 1.165) is 23.0 Å². The van der Waals surface area contributed by atoms with Crippen LogP contribution in [-0.2, 0) is 17.6 Å². The van der Waals surface area contributed by atoms with Crippen LogP contribution in [0.25, 0.3) is 11.0 Å². The van der Waals surface area contributed by atoms with Gasteiger partial charge in [-0.3, -0.25) is 4.79 Å². The van der Waals surface area contributed by atoms with Gasteiger partial charge in [0.2, 0.25) is 5.91 Å². The summed E-state index contributed by atoms with van der Waals surface area (Å²) in [4.78, 5) is 12.4. The van der Waals surface area contributed by atoms with Crippen molar-refractivity contribution in [3.05, 3.63) is 59.9 Å². The molecular formula is C20H21NO3. The van der Waals surface area contributed by atoms with Crippen LogP contribution in [0.2, 0.25) is 0 Å². The Morgan fingerprint density at radius 1 is 1.17 bits per heavy atom. The summed E-state index contributed by atoms with van der Waals surface area (Å²) in [6, 6.07) is 13.5. The molecule has 0 bridgehead atoms. The van der Waals surface area contributed by atoms with Crippen LogP contribution < -0.4 is 10.1 Å². The molecule has 4 heteroatoms. The van der Waals surface area contributed by atoms with Crippen molar-refractivity contribution in [2.75, 3.05) is 11.9 Å². The van der Waals surface area contributed by atoms with Crippen molar-refractivity contribution in [2.24, 2.45) is 0 Å². The summed E-state index contributed by atoms with van der Waals surface area (Å²) in [7, 11) is 0. The van der Waals surface area contributed by atoms with Crippen LogP contribution >= 0.6 is 0 Å². The molecule has 3 aromatic rings. The van der Waals surface area contributed by atoms with Gasteiger partial charge in [-0.05, 0) is 43.2 Å². The fourth-order valence-corrected chi connectivity index (χ4v) is 2.70. The first-order chi connectivity index (χ1) is 11.7. The van der Waals surface area contributed by atoms with Crippen LogP contribution in [0, 0.1) is 0 Å². The van der Waals surface area contributed by atoms with E-state index >= 15 is 0 Å². The number of carbonyl (C=O) groups is 1. The summed E-state index contributed by atoms with van der Waals surface area (Å²) in [5.41, 5.74) is 3.62. The Balaban J connectivity index is 1.78. The van der Waals surface area contributed by atoms with Gasteiger partial charge in [0.15, 0.2) is 0 Å². The van der Waals surface area contributed by atoms with Crippen molar-refractivity contribution in [1.82, 2.24) is 0 Å². The van der Waals surface area contributed by atoms with E-state index in [0.29, 0.717) is 18.0 Å². The maximum atomic E-state index is 12.4. The number of furan rings is 1. The lowest BCUT2D eigenvalue weighted by Gasteiger charge is -2.11. The molecule has 0 aliphatic carbocycles. The van der Waals surface area contributed by atoms with Crippen molar-refractivity contribution in [2.45, 2.75) is 26.7 Å². The molecule has 0 aliphatic rings. The van der Waals surface area contributed by atoms with Crippen LogP contribution in [0.1, 0.15) is 25.0 Å². The molecule has 1 N–H and O–H groups in total. The van der Waals surface area contributed by atoms with Crippen molar-refractivity contribution in [1.29, 1.82) is 0 Å². The number of carbonyl (C=O) groups excluding carboxylic acids is 1. The number of amides is 1. The van der Waals surface area contributed by atoms with Crippen molar-refractivity contribution < 1.29 is 13.9 Å². The van der Waals surface area contributed by atoms with E-state index in [1.54, 1.807) is 6.26 Å². The van der Waals surface area contributed by atoms with Gasteiger partial charge in [-0.1, -0.05) is 25.1 Å². The number of benzene rings is 2. The van der Waals surface area contributed by atoms with Gasteiger partial charge in [0.25, 0.3) is 0 Å². The van der Waals surface area contributed by atoms with Crippen LogP contribution in [0.15, 0.2) is 53.1 Å². The zero-order valence-corrected chi connectivity index (χ0v) is 14.0. The molecule has 0 saturated heterocycles. The summed E-state index contributed by atoms with van der Waals surface area (Å²) >= 11 is 0. The van der Waals surface area contributed by atoms with Crippen LogP contribution in [0.4, 0.5) is 5.69 Å². The fourth-order valence-electron chi connectivity index (χ4n) is 2.70. The van der Waals surface area contributed by atoms with Crippen LogP contribution in [0.5, 0.6) is 5.75 Å². The minimum atomic E-state index is -0.0910. The summed E-state index contributed by atoms with van der Waals surface area (Å²) in [6.45, 7) is 4.58. The highest BCUT2D eigenvalue weighted by atomic mass is 16.5. The second-order valence-corrected chi connectivity index (χ2v) is 5.60. The predicted molar refractivity (Wildman–Crippen MR) is 95.5 cm³/mol. The number of ether oxygens (including phenoxy) is 1. The van der Waals surface area contributed by atoms with Crippen molar-refractivity contribution in [3.63, 3.8) is 0 Å². The van der Waals surface area contributed by atoms with E-state index in [1.165, 1.54) is 5.56 Å². The largest absolute Gasteiger partial charge is 0.492 e. The lowest BCUT2D eigenvalue weighted by atomic mass is 10.1. The maximum Gasteiger partial charge on any atom is 0.229 e. The lowest BCUT2D eigenvalue weighted by Crippen LogP contribution is -2.15. The number of fused-ring (bicyclic) bond motifs is 1. The highest BCUT2D eigenvalue weighted by Crippen LogP contribution is 2.26. The molecule has 0 fully saturated rings. The van der Waals surface area contributed by atoms with Gasteiger partial charge in [0, 0.05) is 10.9 Å². The Hall–Kier alpha value is -2.75.